The van der Waals surface area contributed by atoms with Gasteiger partial charge in [0.25, 0.3) is 0 Å². The van der Waals surface area contributed by atoms with E-state index >= 15 is 0 Å². The Morgan fingerprint density at radius 2 is 2.33 bits per heavy atom. The molecular weight excluding hydrogens is 290 g/mol. The van der Waals surface area contributed by atoms with E-state index in [2.05, 4.69) is 4.98 Å². The van der Waals surface area contributed by atoms with Gasteiger partial charge in [-0.1, -0.05) is 23.9 Å². The SMILES string of the molecule is CC(=O)O[C@@H](CCl)CSc1nc2ccccc2s1. The van der Waals surface area contributed by atoms with E-state index < -0.39 is 0 Å². The van der Waals surface area contributed by atoms with Crippen molar-refractivity contribution in [2.75, 3.05) is 11.6 Å². The van der Waals surface area contributed by atoms with Crippen LogP contribution in [0, 0.1) is 0 Å². The smallest absolute Gasteiger partial charge is 0.302 e. The van der Waals surface area contributed by atoms with Crippen LogP contribution in [0.2, 0.25) is 0 Å². The van der Waals surface area contributed by atoms with Crippen molar-refractivity contribution in [1.29, 1.82) is 0 Å². The van der Waals surface area contributed by atoms with Crippen molar-refractivity contribution in [1.82, 2.24) is 4.98 Å². The van der Waals surface area contributed by atoms with E-state index in [0.29, 0.717) is 11.6 Å². The summed E-state index contributed by atoms with van der Waals surface area (Å²) in [5.74, 6) is 0.631. The third-order valence-corrected chi connectivity index (χ3v) is 4.83. The molecule has 0 bridgehead atoms. The minimum Gasteiger partial charge on any atom is -0.460 e. The molecular formula is C12H12ClNO2S2. The van der Waals surface area contributed by atoms with Gasteiger partial charge in [-0.15, -0.1) is 22.9 Å². The molecule has 2 rings (SSSR count). The molecule has 1 atom stereocenters. The average Bonchev–Trinajstić information content (AvgIpc) is 2.76. The highest BCUT2D eigenvalue weighted by atomic mass is 35.5. The summed E-state index contributed by atoms with van der Waals surface area (Å²) < 4.78 is 7.21. The number of nitrogens with zero attached hydrogens (tertiary/aromatic N) is 1. The van der Waals surface area contributed by atoms with Gasteiger partial charge >= 0.3 is 5.97 Å². The van der Waals surface area contributed by atoms with Crippen LogP contribution < -0.4 is 0 Å². The number of fused-ring (bicyclic) bond motifs is 1. The normalized spacial score (nSPS) is 12.6. The van der Waals surface area contributed by atoms with Crippen LogP contribution >= 0.6 is 34.7 Å². The van der Waals surface area contributed by atoms with Gasteiger partial charge in [0.05, 0.1) is 16.1 Å². The second-order valence-electron chi connectivity index (χ2n) is 3.64. The van der Waals surface area contributed by atoms with Crippen LogP contribution in [-0.2, 0) is 9.53 Å². The number of para-hydroxylation sites is 1. The third kappa shape index (κ3) is 3.60. The van der Waals surface area contributed by atoms with Crippen LogP contribution in [0.25, 0.3) is 10.2 Å². The zero-order valence-corrected chi connectivity index (χ0v) is 12.1. The summed E-state index contributed by atoms with van der Waals surface area (Å²) in [6, 6.07) is 8.00. The first-order valence-electron chi connectivity index (χ1n) is 5.40. The van der Waals surface area contributed by atoms with E-state index in [4.69, 9.17) is 16.3 Å². The monoisotopic (exact) mass is 301 g/mol. The van der Waals surface area contributed by atoms with Gasteiger partial charge in [-0.05, 0) is 12.1 Å². The summed E-state index contributed by atoms with van der Waals surface area (Å²) >= 11 is 8.95. The number of carbonyl (C=O) groups excluding carboxylic acids is 1. The highest BCUT2D eigenvalue weighted by Crippen LogP contribution is 2.29. The van der Waals surface area contributed by atoms with Gasteiger partial charge in [0.1, 0.15) is 6.10 Å². The Bertz CT molecular complexity index is 511. The quantitative estimate of drug-likeness (QED) is 0.481. The molecule has 2 aromatic rings. The lowest BCUT2D eigenvalue weighted by atomic mass is 10.3. The molecule has 0 fully saturated rings. The average molecular weight is 302 g/mol. The summed E-state index contributed by atoms with van der Waals surface area (Å²) in [4.78, 5) is 15.4. The Kier molecular flexibility index (Phi) is 4.86. The first-order chi connectivity index (χ1) is 8.69. The number of esters is 1. The molecule has 0 spiro atoms. The van der Waals surface area contributed by atoms with Crippen LogP contribution in [0.3, 0.4) is 0 Å². The molecule has 6 heteroatoms. The van der Waals surface area contributed by atoms with E-state index in [9.17, 15) is 4.79 Å². The Morgan fingerprint density at radius 3 is 3.00 bits per heavy atom. The van der Waals surface area contributed by atoms with Crippen molar-refractivity contribution in [2.45, 2.75) is 17.4 Å². The Labute approximate surface area is 118 Å². The molecule has 18 heavy (non-hydrogen) atoms. The molecule has 0 amide bonds. The fourth-order valence-corrected chi connectivity index (χ4v) is 3.81. The predicted octanol–water partition coefficient (Wildman–Crippen LogP) is 3.56. The molecule has 0 aliphatic rings. The van der Waals surface area contributed by atoms with Crippen molar-refractivity contribution in [3.05, 3.63) is 24.3 Å². The van der Waals surface area contributed by atoms with E-state index in [0.717, 1.165) is 14.6 Å². The van der Waals surface area contributed by atoms with Crippen molar-refractivity contribution in [3.63, 3.8) is 0 Å². The lowest BCUT2D eigenvalue weighted by Crippen LogP contribution is -2.20. The summed E-state index contributed by atoms with van der Waals surface area (Å²) in [6.45, 7) is 1.39. The van der Waals surface area contributed by atoms with Crippen molar-refractivity contribution < 1.29 is 9.53 Å². The Morgan fingerprint density at radius 1 is 1.56 bits per heavy atom. The molecule has 1 aromatic carbocycles. The number of hydrogen-bond donors (Lipinski definition) is 0. The lowest BCUT2D eigenvalue weighted by molar-refractivity contribution is -0.144. The number of thiazole rings is 1. The van der Waals surface area contributed by atoms with Gasteiger partial charge in [0, 0.05) is 12.7 Å². The molecule has 0 saturated heterocycles. The van der Waals surface area contributed by atoms with E-state index in [1.165, 1.54) is 6.92 Å². The van der Waals surface area contributed by atoms with Gasteiger partial charge in [0.2, 0.25) is 0 Å². The summed E-state index contributed by atoms with van der Waals surface area (Å²) in [6.07, 6.45) is -0.263. The fourth-order valence-electron chi connectivity index (χ4n) is 1.42. The number of rotatable bonds is 5. The zero-order valence-electron chi connectivity index (χ0n) is 9.76. The minimum atomic E-state index is -0.300. The Hall–Kier alpha value is -0.780. The zero-order chi connectivity index (χ0) is 13.0. The largest absolute Gasteiger partial charge is 0.460 e. The number of carbonyl (C=O) groups is 1. The van der Waals surface area contributed by atoms with Crippen LogP contribution in [0.4, 0.5) is 0 Å². The minimum absolute atomic E-state index is 0.263. The molecule has 1 heterocycles. The highest BCUT2D eigenvalue weighted by Gasteiger charge is 2.13. The topological polar surface area (TPSA) is 39.2 Å². The fraction of sp³-hybridized carbons (Fsp3) is 0.333. The second kappa shape index (κ2) is 6.41. The number of halogens is 1. The molecule has 0 aliphatic carbocycles. The molecule has 1 aromatic heterocycles. The molecule has 0 aliphatic heterocycles. The lowest BCUT2D eigenvalue weighted by Gasteiger charge is -2.12. The van der Waals surface area contributed by atoms with E-state index in [1.54, 1.807) is 23.1 Å². The maximum absolute atomic E-state index is 10.9. The molecule has 0 unspecified atom stereocenters. The summed E-state index contributed by atoms with van der Waals surface area (Å²) in [5.41, 5.74) is 1.000. The number of benzene rings is 1. The predicted molar refractivity (Wildman–Crippen MR) is 76.6 cm³/mol. The van der Waals surface area contributed by atoms with Gasteiger partial charge in [-0.3, -0.25) is 4.79 Å². The number of alkyl halides is 1. The first-order valence-corrected chi connectivity index (χ1v) is 7.74. The molecule has 0 saturated carbocycles. The molecule has 0 radical (unpaired) electrons. The third-order valence-electron chi connectivity index (χ3n) is 2.17. The van der Waals surface area contributed by atoms with Gasteiger partial charge in [-0.25, -0.2) is 4.98 Å². The molecule has 3 nitrogen and oxygen atoms in total. The van der Waals surface area contributed by atoms with Gasteiger partial charge in [0.15, 0.2) is 4.34 Å². The van der Waals surface area contributed by atoms with Crippen molar-refractivity contribution in [2.24, 2.45) is 0 Å². The number of hydrogen-bond acceptors (Lipinski definition) is 5. The van der Waals surface area contributed by atoms with E-state index in [-0.39, 0.29) is 12.1 Å². The highest BCUT2D eigenvalue weighted by molar-refractivity contribution is 8.01. The van der Waals surface area contributed by atoms with Crippen molar-refractivity contribution in [3.8, 4) is 0 Å². The number of aromatic nitrogens is 1. The van der Waals surface area contributed by atoms with Gasteiger partial charge < -0.3 is 4.74 Å². The summed E-state index contributed by atoms with van der Waals surface area (Å²) in [5, 5.41) is 0. The van der Waals surface area contributed by atoms with Crippen LogP contribution in [0.5, 0.6) is 0 Å². The standard InChI is InChI=1S/C12H12ClNO2S2/c1-8(15)16-9(6-13)7-17-12-14-10-4-2-3-5-11(10)18-12/h2-5,9H,6-7H2,1H3/t9-/m0/s1. The number of thioether (sulfide) groups is 1. The maximum atomic E-state index is 10.9. The van der Waals surface area contributed by atoms with Crippen LogP contribution in [0.15, 0.2) is 28.6 Å². The maximum Gasteiger partial charge on any atom is 0.302 e. The van der Waals surface area contributed by atoms with Gasteiger partial charge in [-0.2, -0.15) is 0 Å². The molecule has 0 N–H and O–H groups in total. The van der Waals surface area contributed by atoms with Crippen LogP contribution in [-0.4, -0.2) is 28.7 Å². The first kappa shape index (κ1) is 13.6. The molecule has 96 valence electrons. The van der Waals surface area contributed by atoms with Crippen molar-refractivity contribution >= 4 is 50.9 Å². The Balaban J connectivity index is 1.98. The van der Waals surface area contributed by atoms with Crippen LogP contribution in [0.1, 0.15) is 6.92 Å². The number of ether oxygens (including phenoxy) is 1. The van der Waals surface area contributed by atoms with E-state index in [1.807, 2.05) is 24.3 Å². The second-order valence-corrected chi connectivity index (χ2v) is 6.25. The summed E-state index contributed by atoms with van der Waals surface area (Å²) in [7, 11) is 0.